The Hall–Kier alpha value is 0.290. The Balaban J connectivity index is 2.21. The SMILES string of the molecule is O=C(c1cc(Br)sc1Br)C1CCOC1. The first kappa shape index (κ1) is 10.8. The number of Topliss-reactive ketones (excluding diaryl/α,β-unsaturated/α-hetero) is 1. The quantitative estimate of drug-likeness (QED) is 0.771. The van der Waals surface area contributed by atoms with Crippen LogP contribution in [0, 0.1) is 5.92 Å². The molecule has 0 radical (unpaired) electrons. The van der Waals surface area contributed by atoms with Crippen LogP contribution in [0.1, 0.15) is 16.8 Å². The van der Waals surface area contributed by atoms with Gasteiger partial charge < -0.3 is 4.74 Å². The average molecular weight is 340 g/mol. The molecule has 0 spiro atoms. The van der Waals surface area contributed by atoms with E-state index < -0.39 is 0 Å². The number of halogens is 2. The molecule has 1 aromatic heterocycles. The third-order valence-corrected chi connectivity index (χ3v) is 4.56. The Morgan fingerprint density at radius 3 is 2.86 bits per heavy atom. The highest BCUT2D eigenvalue weighted by atomic mass is 79.9. The number of thiophene rings is 1. The maximum Gasteiger partial charge on any atom is 0.170 e. The van der Waals surface area contributed by atoms with Gasteiger partial charge in [0, 0.05) is 18.1 Å². The molecule has 2 rings (SSSR count). The van der Waals surface area contributed by atoms with Crippen molar-refractivity contribution in [2.45, 2.75) is 6.42 Å². The molecule has 1 aromatic rings. The van der Waals surface area contributed by atoms with Gasteiger partial charge in [-0.3, -0.25) is 4.79 Å². The fourth-order valence-corrected chi connectivity index (χ4v) is 4.29. The van der Waals surface area contributed by atoms with Crippen LogP contribution in [-0.4, -0.2) is 19.0 Å². The number of rotatable bonds is 2. The summed E-state index contributed by atoms with van der Waals surface area (Å²) in [6.07, 6.45) is 0.846. The molecule has 0 aromatic carbocycles. The van der Waals surface area contributed by atoms with Gasteiger partial charge in [0.25, 0.3) is 0 Å². The minimum atomic E-state index is 0.0489. The van der Waals surface area contributed by atoms with Gasteiger partial charge in [-0.05, 0) is 44.3 Å². The molecule has 14 heavy (non-hydrogen) atoms. The molecule has 0 bridgehead atoms. The normalized spacial score (nSPS) is 21.4. The maximum absolute atomic E-state index is 12.0. The van der Waals surface area contributed by atoms with E-state index in [1.807, 2.05) is 6.07 Å². The van der Waals surface area contributed by atoms with Crippen molar-refractivity contribution < 1.29 is 9.53 Å². The maximum atomic E-state index is 12.0. The molecule has 1 atom stereocenters. The molecular formula is C9H8Br2O2S. The van der Waals surface area contributed by atoms with Gasteiger partial charge in [0.1, 0.15) is 0 Å². The summed E-state index contributed by atoms with van der Waals surface area (Å²) < 4.78 is 7.08. The third kappa shape index (κ3) is 2.10. The van der Waals surface area contributed by atoms with Crippen molar-refractivity contribution in [1.29, 1.82) is 0 Å². The third-order valence-electron chi connectivity index (χ3n) is 2.22. The molecule has 1 saturated heterocycles. The zero-order chi connectivity index (χ0) is 10.1. The fraction of sp³-hybridized carbons (Fsp3) is 0.444. The van der Waals surface area contributed by atoms with Gasteiger partial charge in [0.15, 0.2) is 5.78 Å². The first-order valence-corrected chi connectivity index (χ1v) is 6.65. The molecule has 2 nitrogen and oxygen atoms in total. The van der Waals surface area contributed by atoms with Crippen LogP contribution in [0.25, 0.3) is 0 Å². The molecule has 0 aliphatic carbocycles. The average Bonchev–Trinajstić information content (AvgIpc) is 2.73. The van der Waals surface area contributed by atoms with Crippen LogP contribution >= 0.6 is 43.2 Å². The lowest BCUT2D eigenvalue weighted by Gasteiger charge is -2.04. The van der Waals surface area contributed by atoms with Gasteiger partial charge in [0.05, 0.1) is 14.2 Å². The summed E-state index contributed by atoms with van der Waals surface area (Å²) in [6.45, 7) is 1.28. The van der Waals surface area contributed by atoms with E-state index in [2.05, 4.69) is 31.9 Å². The molecule has 2 heterocycles. The van der Waals surface area contributed by atoms with Crippen molar-refractivity contribution in [3.63, 3.8) is 0 Å². The number of hydrogen-bond donors (Lipinski definition) is 0. The van der Waals surface area contributed by atoms with Gasteiger partial charge in [-0.25, -0.2) is 0 Å². The molecule has 0 amide bonds. The van der Waals surface area contributed by atoms with E-state index in [1.165, 1.54) is 11.3 Å². The summed E-state index contributed by atoms with van der Waals surface area (Å²) in [5.41, 5.74) is 0.775. The van der Waals surface area contributed by atoms with Crippen LogP contribution in [0.3, 0.4) is 0 Å². The molecule has 0 saturated carbocycles. The number of ether oxygens (including phenoxy) is 1. The molecule has 1 aliphatic rings. The van der Waals surface area contributed by atoms with Gasteiger partial charge >= 0.3 is 0 Å². The van der Waals surface area contributed by atoms with Crippen molar-refractivity contribution in [2.75, 3.05) is 13.2 Å². The lowest BCUT2D eigenvalue weighted by atomic mass is 9.99. The van der Waals surface area contributed by atoms with Crippen molar-refractivity contribution in [2.24, 2.45) is 5.92 Å². The van der Waals surface area contributed by atoms with Crippen LogP contribution in [0.4, 0.5) is 0 Å². The zero-order valence-electron chi connectivity index (χ0n) is 7.26. The van der Waals surface area contributed by atoms with E-state index in [9.17, 15) is 4.79 Å². The van der Waals surface area contributed by atoms with Crippen LogP contribution < -0.4 is 0 Å². The second-order valence-electron chi connectivity index (χ2n) is 3.16. The van der Waals surface area contributed by atoms with E-state index in [4.69, 9.17) is 4.74 Å². The lowest BCUT2D eigenvalue weighted by Crippen LogP contribution is -2.14. The van der Waals surface area contributed by atoms with Crippen LogP contribution in [0.15, 0.2) is 13.6 Å². The van der Waals surface area contributed by atoms with Crippen LogP contribution in [0.2, 0.25) is 0 Å². The summed E-state index contributed by atoms with van der Waals surface area (Å²) in [6, 6.07) is 1.87. The minimum absolute atomic E-state index is 0.0489. The number of ketones is 1. The van der Waals surface area contributed by atoms with E-state index in [-0.39, 0.29) is 11.7 Å². The molecule has 76 valence electrons. The highest BCUT2D eigenvalue weighted by Crippen LogP contribution is 2.34. The summed E-state index contributed by atoms with van der Waals surface area (Å²) in [7, 11) is 0. The highest BCUT2D eigenvalue weighted by molar-refractivity contribution is 9.12. The number of carbonyl (C=O) groups excluding carboxylic acids is 1. The van der Waals surface area contributed by atoms with Crippen molar-refractivity contribution in [3.8, 4) is 0 Å². The Labute approximate surface area is 103 Å². The summed E-state index contributed by atoms with van der Waals surface area (Å²) >= 11 is 8.28. The summed E-state index contributed by atoms with van der Waals surface area (Å²) in [5.74, 6) is 0.240. The van der Waals surface area contributed by atoms with Gasteiger partial charge in [0.2, 0.25) is 0 Å². The molecule has 1 unspecified atom stereocenters. The first-order valence-electron chi connectivity index (χ1n) is 4.25. The van der Waals surface area contributed by atoms with Crippen molar-refractivity contribution in [3.05, 3.63) is 19.2 Å². The molecule has 0 N–H and O–H groups in total. The molecule has 5 heteroatoms. The second-order valence-corrected chi connectivity index (χ2v) is 6.91. The molecule has 1 fully saturated rings. The second kappa shape index (κ2) is 4.43. The van der Waals surface area contributed by atoms with Gasteiger partial charge in [-0.1, -0.05) is 0 Å². The smallest absolute Gasteiger partial charge is 0.170 e. The molecular weight excluding hydrogens is 332 g/mol. The molecule has 1 aliphatic heterocycles. The van der Waals surface area contributed by atoms with Crippen LogP contribution in [0.5, 0.6) is 0 Å². The van der Waals surface area contributed by atoms with Crippen LogP contribution in [-0.2, 0) is 4.74 Å². The van der Waals surface area contributed by atoms with E-state index in [0.717, 1.165) is 19.6 Å². The van der Waals surface area contributed by atoms with Crippen molar-refractivity contribution >= 4 is 49.0 Å². The van der Waals surface area contributed by atoms with Crippen molar-refractivity contribution in [1.82, 2.24) is 0 Å². The van der Waals surface area contributed by atoms with E-state index in [1.54, 1.807) is 0 Å². The Morgan fingerprint density at radius 2 is 2.36 bits per heavy atom. The monoisotopic (exact) mass is 338 g/mol. The number of hydrogen-bond acceptors (Lipinski definition) is 3. The minimum Gasteiger partial charge on any atom is -0.381 e. The predicted molar refractivity (Wildman–Crippen MR) is 63.0 cm³/mol. The Morgan fingerprint density at radius 1 is 1.57 bits per heavy atom. The predicted octanol–water partition coefficient (Wildman–Crippen LogP) is 3.49. The van der Waals surface area contributed by atoms with E-state index in [0.29, 0.717) is 13.2 Å². The van der Waals surface area contributed by atoms with Gasteiger partial charge in [-0.2, -0.15) is 0 Å². The Bertz CT molecular complexity index is 356. The fourth-order valence-electron chi connectivity index (χ4n) is 1.47. The topological polar surface area (TPSA) is 26.3 Å². The summed E-state index contributed by atoms with van der Waals surface area (Å²) in [5, 5.41) is 0. The Kier molecular flexibility index (Phi) is 3.42. The number of carbonyl (C=O) groups is 1. The largest absolute Gasteiger partial charge is 0.381 e. The zero-order valence-corrected chi connectivity index (χ0v) is 11.2. The van der Waals surface area contributed by atoms with E-state index >= 15 is 0 Å². The standard InChI is InChI=1S/C9H8Br2O2S/c10-7-3-6(9(11)14-7)8(12)5-1-2-13-4-5/h3,5H,1-2,4H2. The highest BCUT2D eigenvalue weighted by Gasteiger charge is 2.26. The summed E-state index contributed by atoms with van der Waals surface area (Å²) in [4.78, 5) is 12.0. The van der Waals surface area contributed by atoms with Gasteiger partial charge in [-0.15, -0.1) is 11.3 Å². The lowest BCUT2D eigenvalue weighted by molar-refractivity contribution is 0.0900. The first-order chi connectivity index (χ1) is 6.68.